The zero-order valence-electron chi connectivity index (χ0n) is 17.4. The highest BCUT2D eigenvalue weighted by Gasteiger charge is 2.42. The molecule has 0 saturated carbocycles. The predicted molar refractivity (Wildman–Crippen MR) is 112 cm³/mol. The van der Waals surface area contributed by atoms with Crippen molar-refractivity contribution < 1.29 is 23.5 Å². The first-order chi connectivity index (χ1) is 14.5. The summed E-state index contributed by atoms with van der Waals surface area (Å²) in [5.41, 5.74) is 2.50. The summed E-state index contributed by atoms with van der Waals surface area (Å²) in [4.78, 5) is 29.8. The number of halogens is 1. The molecule has 30 heavy (non-hydrogen) atoms. The molecule has 158 valence electrons. The Morgan fingerprint density at radius 2 is 1.43 bits per heavy atom. The fourth-order valence-corrected chi connectivity index (χ4v) is 3.35. The highest BCUT2D eigenvalue weighted by molar-refractivity contribution is 6.45. The molecule has 1 aliphatic heterocycles. The second kappa shape index (κ2) is 9.65. The van der Waals surface area contributed by atoms with Crippen molar-refractivity contribution in [1.29, 1.82) is 0 Å². The Balaban J connectivity index is 2.11. The van der Waals surface area contributed by atoms with E-state index in [9.17, 15) is 14.0 Å². The quantitative estimate of drug-likeness (QED) is 0.593. The number of anilines is 1. The number of benzene rings is 2. The maximum atomic E-state index is 13.5. The number of ether oxygens (including phenoxy) is 2. The van der Waals surface area contributed by atoms with Gasteiger partial charge in [0.15, 0.2) is 0 Å². The highest BCUT2D eigenvalue weighted by Crippen LogP contribution is 2.34. The van der Waals surface area contributed by atoms with Crippen LogP contribution >= 0.6 is 0 Å². The van der Waals surface area contributed by atoms with Crippen molar-refractivity contribution in [3.8, 4) is 0 Å². The van der Waals surface area contributed by atoms with E-state index < -0.39 is 17.6 Å². The molecule has 0 aromatic heterocycles. The average molecular weight is 412 g/mol. The number of carbonyl (C=O) groups excluding carboxylic acids is 2. The maximum absolute atomic E-state index is 13.5. The van der Waals surface area contributed by atoms with Crippen molar-refractivity contribution in [2.45, 2.75) is 6.92 Å². The number of rotatable bonds is 9. The van der Waals surface area contributed by atoms with Crippen LogP contribution < -0.4 is 4.90 Å². The molecule has 2 amide bonds. The Hall–Kier alpha value is -3.03. The van der Waals surface area contributed by atoms with Crippen LogP contribution in [0.15, 0.2) is 54.2 Å². The van der Waals surface area contributed by atoms with Crippen LogP contribution in [0.3, 0.4) is 0 Å². The lowest BCUT2D eigenvalue weighted by Gasteiger charge is -2.25. The van der Waals surface area contributed by atoms with Gasteiger partial charge in [-0.2, -0.15) is 0 Å². The van der Waals surface area contributed by atoms with Crippen LogP contribution in [-0.4, -0.2) is 57.2 Å². The van der Waals surface area contributed by atoms with E-state index in [0.29, 0.717) is 37.6 Å². The van der Waals surface area contributed by atoms with E-state index in [1.807, 2.05) is 19.1 Å². The first-order valence-corrected chi connectivity index (χ1v) is 9.66. The van der Waals surface area contributed by atoms with Crippen molar-refractivity contribution >= 4 is 23.1 Å². The lowest BCUT2D eigenvalue weighted by atomic mass is 10.0. The van der Waals surface area contributed by atoms with Crippen LogP contribution in [0, 0.1) is 12.7 Å². The SMILES string of the molecule is COCCN(CCOC)C1=C(c2ccc(F)cc2)C(=O)N(c2ccc(C)cc2)C1=O. The molecule has 0 unspecified atom stereocenters. The monoisotopic (exact) mass is 412 g/mol. The summed E-state index contributed by atoms with van der Waals surface area (Å²) >= 11 is 0. The van der Waals surface area contributed by atoms with Gasteiger partial charge in [0.2, 0.25) is 0 Å². The number of hydrogen-bond donors (Lipinski definition) is 0. The van der Waals surface area contributed by atoms with Gasteiger partial charge in [-0.05, 0) is 36.8 Å². The van der Waals surface area contributed by atoms with Crippen LogP contribution in [-0.2, 0) is 19.1 Å². The van der Waals surface area contributed by atoms with Gasteiger partial charge in [0.25, 0.3) is 11.8 Å². The number of hydrogen-bond acceptors (Lipinski definition) is 5. The second-order valence-electron chi connectivity index (χ2n) is 6.98. The molecule has 0 radical (unpaired) electrons. The van der Waals surface area contributed by atoms with E-state index in [1.54, 1.807) is 31.3 Å². The third kappa shape index (κ3) is 4.42. The summed E-state index contributed by atoms with van der Waals surface area (Å²) in [6.07, 6.45) is 0. The van der Waals surface area contributed by atoms with Gasteiger partial charge >= 0.3 is 0 Å². The van der Waals surface area contributed by atoms with Gasteiger partial charge in [0.1, 0.15) is 11.5 Å². The molecular formula is C23H25FN2O4. The van der Waals surface area contributed by atoms with Gasteiger partial charge in [0, 0.05) is 27.3 Å². The largest absolute Gasteiger partial charge is 0.383 e. The fraction of sp³-hybridized carbons (Fsp3) is 0.304. The molecule has 1 heterocycles. The van der Waals surface area contributed by atoms with E-state index >= 15 is 0 Å². The number of imide groups is 1. The number of nitrogens with zero attached hydrogens (tertiary/aromatic N) is 2. The molecule has 0 atom stereocenters. The van der Waals surface area contributed by atoms with Crippen LogP contribution in [0.4, 0.5) is 10.1 Å². The first-order valence-electron chi connectivity index (χ1n) is 9.66. The van der Waals surface area contributed by atoms with Gasteiger partial charge in [-0.3, -0.25) is 9.59 Å². The average Bonchev–Trinajstić information content (AvgIpc) is 3.00. The summed E-state index contributed by atoms with van der Waals surface area (Å²) in [5, 5.41) is 0. The highest BCUT2D eigenvalue weighted by atomic mass is 19.1. The van der Waals surface area contributed by atoms with Crippen LogP contribution in [0.5, 0.6) is 0 Å². The molecule has 0 fully saturated rings. The number of amides is 2. The third-order valence-electron chi connectivity index (χ3n) is 4.93. The maximum Gasteiger partial charge on any atom is 0.282 e. The van der Waals surface area contributed by atoms with Gasteiger partial charge in [-0.25, -0.2) is 9.29 Å². The van der Waals surface area contributed by atoms with Crippen LogP contribution in [0.25, 0.3) is 5.57 Å². The van der Waals surface area contributed by atoms with Gasteiger partial charge in [-0.15, -0.1) is 0 Å². The fourth-order valence-electron chi connectivity index (χ4n) is 3.35. The molecule has 2 aromatic carbocycles. The van der Waals surface area contributed by atoms with E-state index in [1.165, 1.54) is 29.2 Å². The predicted octanol–water partition coefficient (Wildman–Crippen LogP) is 3.01. The molecule has 0 bridgehead atoms. The second-order valence-corrected chi connectivity index (χ2v) is 6.98. The summed E-state index contributed by atoms with van der Waals surface area (Å²) < 4.78 is 23.9. The Morgan fingerprint density at radius 3 is 1.97 bits per heavy atom. The Labute approximate surface area is 175 Å². The molecular weight excluding hydrogens is 387 g/mol. The van der Waals surface area contributed by atoms with Crippen molar-refractivity contribution in [2.75, 3.05) is 45.4 Å². The van der Waals surface area contributed by atoms with Gasteiger partial charge in [-0.1, -0.05) is 29.8 Å². The molecule has 3 rings (SSSR count). The zero-order valence-corrected chi connectivity index (χ0v) is 17.4. The molecule has 2 aromatic rings. The standard InChI is InChI=1S/C23H25FN2O4/c1-16-4-10-19(11-5-16)26-22(27)20(17-6-8-18(24)9-7-17)21(23(26)28)25(12-14-29-2)13-15-30-3/h4-11H,12-15H2,1-3H3. The Bertz CT molecular complexity index is 931. The summed E-state index contributed by atoms with van der Waals surface area (Å²) in [6.45, 7) is 3.48. The normalized spacial score (nSPS) is 14.1. The topological polar surface area (TPSA) is 59.1 Å². The first kappa shape index (κ1) is 21.7. The molecule has 0 N–H and O–H groups in total. The third-order valence-corrected chi connectivity index (χ3v) is 4.93. The van der Waals surface area contributed by atoms with Crippen molar-refractivity contribution in [1.82, 2.24) is 4.90 Å². The smallest absolute Gasteiger partial charge is 0.282 e. The number of carbonyl (C=O) groups is 2. The molecule has 0 aliphatic carbocycles. The Morgan fingerprint density at radius 1 is 0.867 bits per heavy atom. The van der Waals surface area contributed by atoms with E-state index in [4.69, 9.17) is 9.47 Å². The summed E-state index contributed by atoms with van der Waals surface area (Å²) in [6, 6.07) is 12.8. The zero-order chi connectivity index (χ0) is 21.7. The minimum Gasteiger partial charge on any atom is -0.383 e. The van der Waals surface area contributed by atoms with E-state index in [-0.39, 0.29) is 11.3 Å². The lowest BCUT2D eigenvalue weighted by Crippen LogP contribution is -2.37. The van der Waals surface area contributed by atoms with E-state index in [0.717, 1.165) is 5.56 Å². The molecule has 6 nitrogen and oxygen atoms in total. The summed E-state index contributed by atoms with van der Waals surface area (Å²) in [7, 11) is 3.15. The summed E-state index contributed by atoms with van der Waals surface area (Å²) in [5.74, 6) is -1.27. The van der Waals surface area contributed by atoms with E-state index in [2.05, 4.69) is 0 Å². The van der Waals surface area contributed by atoms with Crippen LogP contribution in [0.2, 0.25) is 0 Å². The lowest BCUT2D eigenvalue weighted by molar-refractivity contribution is -0.120. The van der Waals surface area contributed by atoms with Gasteiger partial charge < -0.3 is 14.4 Å². The molecule has 1 aliphatic rings. The van der Waals surface area contributed by atoms with Crippen molar-refractivity contribution in [3.05, 3.63) is 71.2 Å². The van der Waals surface area contributed by atoms with Crippen molar-refractivity contribution in [2.24, 2.45) is 0 Å². The minimum atomic E-state index is -0.440. The molecule has 0 saturated heterocycles. The number of aryl methyl sites for hydroxylation is 1. The molecule has 7 heteroatoms. The minimum absolute atomic E-state index is 0.243. The van der Waals surface area contributed by atoms with Gasteiger partial charge in [0.05, 0.1) is 24.5 Å². The van der Waals surface area contributed by atoms with Crippen molar-refractivity contribution in [3.63, 3.8) is 0 Å². The number of methoxy groups -OCH3 is 2. The molecule has 0 spiro atoms. The Kier molecular flexibility index (Phi) is 6.97. The van der Waals surface area contributed by atoms with Crippen LogP contribution in [0.1, 0.15) is 11.1 Å².